The van der Waals surface area contributed by atoms with Crippen molar-refractivity contribution in [2.75, 3.05) is 0 Å². The number of aromatic nitrogens is 3. The third-order valence-electron chi connectivity index (χ3n) is 4.00. The number of benzene rings is 1. The lowest BCUT2D eigenvalue weighted by Gasteiger charge is -2.10. The molecule has 0 spiro atoms. The van der Waals surface area contributed by atoms with Crippen LogP contribution in [0.1, 0.15) is 47.1 Å². The third kappa shape index (κ3) is 2.89. The Hall–Kier alpha value is -2.69. The fourth-order valence-electron chi connectivity index (χ4n) is 2.72. The van der Waals surface area contributed by atoms with E-state index in [0.29, 0.717) is 17.0 Å². The molecule has 3 rings (SSSR count). The number of aryl methyl sites for hydroxylation is 3. The summed E-state index contributed by atoms with van der Waals surface area (Å²) in [7, 11) is 0. The molecular weight excluding hydrogens is 302 g/mol. The van der Waals surface area contributed by atoms with Gasteiger partial charge < -0.3 is 4.74 Å². The Morgan fingerprint density at radius 1 is 1.17 bits per heavy atom. The second kappa shape index (κ2) is 6.07. The van der Waals surface area contributed by atoms with Gasteiger partial charge in [0.2, 0.25) is 0 Å². The van der Waals surface area contributed by atoms with Crippen molar-refractivity contribution in [1.82, 2.24) is 14.8 Å². The highest BCUT2D eigenvalue weighted by Gasteiger charge is 2.17. The van der Waals surface area contributed by atoms with E-state index in [-0.39, 0.29) is 6.04 Å². The normalized spacial score (nSPS) is 11.2. The first kappa shape index (κ1) is 16.2. The average Bonchev–Trinajstić information content (AvgIpc) is 2.92. The molecule has 2 aromatic heterocycles. The maximum Gasteiger partial charge on any atom is 0.345 e. The monoisotopic (exact) mass is 323 g/mol. The lowest BCUT2D eigenvalue weighted by molar-refractivity contribution is 0.0732. The van der Waals surface area contributed by atoms with Crippen molar-refractivity contribution in [1.29, 1.82) is 0 Å². The summed E-state index contributed by atoms with van der Waals surface area (Å²) in [5.74, 6) is 0.175. The summed E-state index contributed by atoms with van der Waals surface area (Å²) in [4.78, 5) is 17.1. The molecule has 5 nitrogen and oxygen atoms in total. The highest BCUT2D eigenvalue weighted by molar-refractivity contribution is 5.95. The minimum absolute atomic E-state index is 0.211. The largest absolute Gasteiger partial charge is 0.423 e. The number of hydrogen-bond donors (Lipinski definition) is 0. The van der Waals surface area contributed by atoms with Crippen LogP contribution in [0.3, 0.4) is 0 Å². The van der Waals surface area contributed by atoms with Gasteiger partial charge in [0.1, 0.15) is 5.75 Å². The molecule has 0 saturated heterocycles. The predicted molar refractivity (Wildman–Crippen MR) is 93.5 cm³/mol. The van der Waals surface area contributed by atoms with E-state index < -0.39 is 5.97 Å². The van der Waals surface area contributed by atoms with Crippen molar-refractivity contribution in [3.63, 3.8) is 0 Å². The molecule has 1 aromatic carbocycles. The van der Waals surface area contributed by atoms with E-state index in [2.05, 4.69) is 10.1 Å². The van der Waals surface area contributed by atoms with Gasteiger partial charge in [0.05, 0.1) is 17.5 Å². The van der Waals surface area contributed by atoms with E-state index in [1.165, 1.54) is 0 Å². The fraction of sp³-hybridized carbons (Fsp3) is 0.316. The Bertz CT molecular complexity index is 926. The predicted octanol–water partition coefficient (Wildman–Crippen LogP) is 4.16. The topological polar surface area (TPSA) is 57.0 Å². The van der Waals surface area contributed by atoms with E-state index in [9.17, 15) is 4.79 Å². The van der Waals surface area contributed by atoms with Crippen molar-refractivity contribution >= 4 is 17.0 Å². The molecule has 3 aromatic rings. The summed E-state index contributed by atoms with van der Waals surface area (Å²) in [6.07, 6.45) is 1.73. The first-order valence-electron chi connectivity index (χ1n) is 8.01. The van der Waals surface area contributed by atoms with Gasteiger partial charge in [-0.3, -0.25) is 0 Å². The van der Waals surface area contributed by atoms with Crippen LogP contribution in [0, 0.1) is 20.8 Å². The quantitative estimate of drug-likeness (QED) is 0.536. The van der Waals surface area contributed by atoms with Crippen molar-refractivity contribution < 1.29 is 9.53 Å². The number of pyridine rings is 1. The Morgan fingerprint density at radius 2 is 1.92 bits per heavy atom. The fourth-order valence-corrected chi connectivity index (χ4v) is 2.72. The van der Waals surface area contributed by atoms with E-state index in [0.717, 1.165) is 22.2 Å². The van der Waals surface area contributed by atoms with Crippen LogP contribution in [0.15, 0.2) is 30.5 Å². The van der Waals surface area contributed by atoms with Gasteiger partial charge in [0.25, 0.3) is 0 Å². The molecule has 0 unspecified atom stereocenters. The molecule has 5 heteroatoms. The first-order chi connectivity index (χ1) is 11.4. The van der Waals surface area contributed by atoms with Gasteiger partial charge >= 0.3 is 5.97 Å². The Labute approximate surface area is 141 Å². The molecule has 0 bridgehead atoms. The van der Waals surface area contributed by atoms with E-state index >= 15 is 0 Å². The number of ether oxygens (including phenoxy) is 1. The first-order valence-corrected chi connectivity index (χ1v) is 8.01. The Morgan fingerprint density at radius 3 is 2.58 bits per heavy atom. The van der Waals surface area contributed by atoms with Crippen LogP contribution in [0.25, 0.3) is 11.0 Å². The smallest absolute Gasteiger partial charge is 0.345 e. The van der Waals surface area contributed by atoms with E-state index in [1.807, 2.05) is 57.5 Å². The minimum atomic E-state index is -0.397. The second-order valence-corrected chi connectivity index (χ2v) is 6.38. The van der Waals surface area contributed by atoms with Gasteiger partial charge in [-0.1, -0.05) is 17.7 Å². The SMILES string of the molecule is Cc1ccc(OC(=O)c2cc3cnn(C(C)C)c3nc2C)c(C)c1. The van der Waals surface area contributed by atoms with Crippen molar-refractivity contribution in [3.8, 4) is 5.75 Å². The number of rotatable bonds is 3. The van der Waals surface area contributed by atoms with Crippen LogP contribution in [-0.4, -0.2) is 20.7 Å². The summed E-state index contributed by atoms with van der Waals surface area (Å²) in [6.45, 7) is 9.84. The van der Waals surface area contributed by atoms with E-state index in [1.54, 1.807) is 12.3 Å². The van der Waals surface area contributed by atoms with Gasteiger partial charge in [-0.25, -0.2) is 14.5 Å². The molecule has 0 aliphatic heterocycles. The van der Waals surface area contributed by atoms with Gasteiger partial charge in [-0.05, 0) is 52.3 Å². The zero-order valence-corrected chi connectivity index (χ0v) is 14.6. The Kier molecular flexibility index (Phi) is 4.09. The van der Waals surface area contributed by atoms with Crippen LogP contribution >= 0.6 is 0 Å². The molecule has 0 fully saturated rings. The second-order valence-electron chi connectivity index (χ2n) is 6.38. The van der Waals surface area contributed by atoms with Gasteiger partial charge in [0, 0.05) is 11.4 Å². The maximum atomic E-state index is 12.6. The lowest BCUT2D eigenvalue weighted by Crippen LogP contribution is -2.12. The standard InChI is InChI=1S/C19H21N3O2/c1-11(2)22-18-15(10-20-22)9-16(14(5)21-18)19(23)24-17-7-6-12(3)8-13(17)4/h6-11H,1-5H3. The molecule has 124 valence electrons. The molecule has 2 heterocycles. The number of esters is 1. The average molecular weight is 323 g/mol. The zero-order chi connectivity index (χ0) is 17.4. The zero-order valence-electron chi connectivity index (χ0n) is 14.6. The van der Waals surface area contributed by atoms with Gasteiger partial charge in [-0.2, -0.15) is 5.10 Å². The third-order valence-corrected chi connectivity index (χ3v) is 4.00. The lowest BCUT2D eigenvalue weighted by atomic mass is 10.1. The molecule has 0 N–H and O–H groups in total. The van der Waals surface area contributed by atoms with Crippen LogP contribution in [0.5, 0.6) is 5.75 Å². The molecule has 0 aliphatic carbocycles. The van der Waals surface area contributed by atoms with Crippen LogP contribution < -0.4 is 4.74 Å². The summed E-state index contributed by atoms with van der Waals surface area (Å²) < 4.78 is 7.41. The molecule has 0 atom stereocenters. The molecular formula is C19H21N3O2. The van der Waals surface area contributed by atoms with Crippen LogP contribution in [0.4, 0.5) is 0 Å². The van der Waals surface area contributed by atoms with E-state index in [4.69, 9.17) is 4.74 Å². The number of carbonyl (C=O) groups excluding carboxylic acids is 1. The number of hydrogen-bond acceptors (Lipinski definition) is 4. The van der Waals surface area contributed by atoms with Gasteiger partial charge in [0.15, 0.2) is 5.65 Å². The van der Waals surface area contributed by atoms with Crippen molar-refractivity contribution in [2.24, 2.45) is 0 Å². The van der Waals surface area contributed by atoms with Crippen LogP contribution in [-0.2, 0) is 0 Å². The summed E-state index contributed by atoms with van der Waals surface area (Å²) in [5, 5.41) is 5.18. The number of nitrogens with zero attached hydrogens (tertiary/aromatic N) is 3. The van der Waals surface area contributed by atoms with Crippen LogP contribution in [0.2, 0.25) is 0 Å². The summed E-state index contributed by atoms with van der Waals surface area (Å²) in [6, 6.07) is 7.75. The Balaban J connectivity index is 1.96. The number of fused-ring (bicyclic) bond motifs is 1. The highest BCUT2D eigenvalue weighted by Crippen LogP contribution is 2.23. The van der Waals surface area contributed by atoms with Crippen molar-refractivity contribution in [3.05, 3.63) is 52.8 Å². The maximum absolute atomic E-state index is 12.6. The molecule has 0 radical (unpaired) electrons. The molecule has 0 saturated carbocycles. The summed E-state index contributed by atoms with van der Waals surface area (Å²) in [5.41, 5.74) is 3.95. The molecule has 0 aliphatic rings. The number of carbonyl (C=O) groups is 1. The van der Waals surface area contributed by atoms with Crippen molar-refractivity contribution in [2.45, 2.75) is 40.7 Å². The minimum Gasteiger partial charge on any atom is -0.423 e. The van der Waals surface area contributed by atoms with Gasteiger partial charge in [-0.15, -0.1) is 0 Å². The molecule has 0 amide bonds. The highest BCUT2D eigenvalue weighted by atomic mass is 16.5. The molecule has 24 heavy (non-hydrogen) atoms. The summed E-state index contributed by atoms with van der Waals surface area (Å²) >= 11 is 0.